The fraction of sp³-hybridized carbons (Fsp3) is 0.222. The number of hydrogen-bond acceptors (Lipinski definition) is 4. The van der Waals surface area contributed by atoms with Gasteiger partial charge in [0.25, 0.3) is 10.0 Å². The summed E-state index contributed by atoms with van der Waals surface area (Å²) in [6.07, 6.45) is 7.77. The maximum atomic E-state index is 13.0. The quantitative estimate of drug-likeness (QED) is 0.343. The third kappa shape index (κ3) is 4.86. The van der Waals surface area contributed by atoms with E-state index in [0.29, 0.717) is 23.1 Å². The van der Waals surface area contributed by atoms with Crippen molar-refractivity contribution in [2.75, 3.05) is 4.72 Å². The van der Waals surface area contributed by atoms with Crippen molar-refractivity contribution in [2.24, 2.45) is 0 Å². The van der Waals surface area contributed by atoms with Gasteiger partial charge < -0.3 is 4.42 Å². The standard InChI is InChI=1S/C27H26N2O3S/c30-33(31,25-16-14-21(15-17-25)20-8-3-1-4-9-20)29-24-13-7-12-23(18-24)27-28-26(19-32-27)22-10-5-2-6-11-22/h2,5-7,10-20,29H,1,3-4,8-9H2. The van der Waals surface area contributed by atoms with E-state index in [-0.39, 0.29) is 4.90 Å². The van der Waals surface area contributed by atoms with Gasteiger partial charge in [0.1, 0.15) is 12.0 Å². The van der Waals surface area contributed by atoms with Crippen LogP contribution in [0.4, 0.5) is 5.69 Å². The minimum Gasteiger partial charge on any atom is -0.444 e. The fourth-order valence-corrected chi connectivity index (χ4v) is 5.48. The number of aromatic nitrogens is 1. The molecule has 0 amide bonds. The highest BCUT2D eigenvalue weighted by Gasteiger charge is 2.19. The molecule has 0 unspecified atom stereocenters. The summed E-state index contributed by atoms with van der Waals surface area (Å²) in [7, 11) is -3.70. The van der Waals surface area contributed by atoms with Gasteiger partial charge in [0.15, 0.2) is 0 Å². The number of sulfonamides is 1. The van der Waals surface area contributed by atoms with Gasteiger partial charge in [0, 0.05) is 16.8 Å². The van der Waals surface area contributed by atoms with Crippen LogP contribution in [-0.2, 0) is 10.0 Å². The van der Waals surface area contributed by atoms with Gasteiger partial charge in [-0.2, -0.15) is 0 Å². The number of anilines is 1. The van der Waals surface area contributed by atoms with Gasteiger partial charge in [-0.05, 0) is 54.7 Å². The van der Waals surface area contributed by atoms with Gasteiger partial charge >= 0.3 is 0 Å². The molecule has 1 heterocycles. The predicted molar refractivity (Wildman–Crippen MR) is 130 cm³/mol. The predicted octanol–water partition coefficient (Wildman–Crippen LogP) is 6.86. The number of benzene rings is 3. The SMILES string of the molecule is O=S(=O)(Nc1cccc(-c2nc(-c3ccccc3)co2)c1)c1ccc(C2CCCCC2)cc1. The fourth-order valence-electron chi connectivity index (χ4n) is 4.43. The number of nitrogens with zero attached hydrogens (tertiary/aromatic N) is 1. The Labute approximate surface area is 194 Å². The minimum atomic E-state index is -3.70. The van der Waals surface area contributed by atoms with Gasteiger partial charge in [-0.1, -0.05) is 67.8 Å². The highest BCUT2D eigenvalue weighted by molar-refractivity contribution is 7.92. The molecular formula is C27H26N2O3S. The van der Waals surface area contributed by atoms with Crippen LogP contribution < -0.4 is 4.72 Å². The van der Waals surface area contributed by atoms with E-state index in [2.05, 4.69) is 9.71 Å². The van der Waals surface area contributed by atoms with E-state index in [4.69, 9.17) is 4.42 Å². The van der Waals surface area contributed by atoms with Gasteiger partial charge in [-0.15, -0.1) is 0 Å². The molecule has 0 spiro atoms. The topological polar surface area (TPSA) is 72.2 Å². The summed E-state index contributed by atoms with van der Waals surface area (Å²) >= 11 is 0. The summed E-state index contributed by atoms with van der Waals surface area (Å²) in [5.41, 5.74) is 4.08. The molecule has 3 aromatic carbocycles. The third-order valence-electron chi connectivity index (χ3n) is 6.20. The van der Waals surface area contributed by atoms with E-state index in [9.17, 15) is 8.42 Å². The molecule has 0 bridgehead atoms. The lowest BCUT2D eigenvalue weighted by atomic mass is 9.84. The molecule has 5 nitrogen and oxygen atoms in total. The van der Waals surface area contributed by atoms with Gasteiger partial charge in [0.2, 0.25) is 5.89 Å². The Morgan fingerprint density at radius 2 is 1.55 bits per heavy atom. The van der Waals surface area contributed by atoms with Crippen LogP contribution in [0.15, 0.2) is 94.4 Å². The van der Waals surface area contributed by atoms with Crippen LogP contribution >= 0.6 is 0 Å². The largest absolute Gasteiger partial charge is 0.444 e. The lowest BCUT2D eigenvalue weighted by Gasteiger charge is -2.22. The number of nitrogens with one attached hydrogen (secondary N) is 1. The van der Waals surface area contributed by atoms with E-state index in [1.165, 1.54) is 37.7 Å². The highest BCUT2D eigenvalue weighted by Crippen LogP contribution is 2.33. The molecule has 168 valence electrons. The molecule has 1 aromatic heterocycles. The smallest absolute Gasteiger partial charge is 0.261 e. The summed E-state index contributed by atoms with van der Waals surface area (Å²) in [6.45, 7) is 0. The summed E-state index contributed by atoms with van der Waals surface area (Å²) in [5.74, 6) is 0.980. The maximum absolute atomic E-state index is 13.0. The van der Waals surface area contributed by atoms with Gasteiger partial charge in [-0.3, -0.25) is 4.72 Å². The van der Waals surface area contributed by atoms with E-state index in [1.807, 2.05) is 48.5 Å². The molecule has 33 heavy (non-hydrogen) atoms. The highest BCUT2D eigenvalue weighted by atomic mass is 32.2. The number of hydrogen-bond donors (Lipinski definition) is 1. The van der Waals surface area contributed by atoms with Crippen molar-refractivity contribution >= 4 is 15.7 Å². The molecule has 1 aliphatic rings. The van der Waals surface area contributed by atoms with Gasteiger partial charge in [-0.25, -0.2) is 13.4 Å². The molecule has 0 saturated heterocycles. The molecule has 1 saturated carbocycles. The van der Waals surface area contributed by atoms with Crippen LogP contribution in [0.5, 0.6) is 0 Å². The lowest BCUT2D eigenvalue weighted by Crippen LogP contribution is -2.13. The second-order valence-corrected chi connectivity index (χ2v) is 10.2. The lowest BCUT2D eigenvalue weighted by molar-refractivity contribution is 0.443. The molecular weight excluding hydrogens is 432 g/mol. The minimum absolute atomic E-state index is 0.259. The van der Waals surface area contributed by atoms with Crippen molar-refractivity contribution in [3.8, 4) is 22.7 Å². The molecule has 4 aromatic rings. The van der Waals surface area contributed by atoms with Crippen molar-refractivity contribution in [1.82, 2.24) is 4.98 Å². The average Bonchev–Trinajstić information content (AvgIpc) is 3.36. The first-order valence-corrected chi connectivity index (χ1v) is 12.8. The second kappa shape index (κ2) is 9.24. The molecule has 6 heteroatoms. The molecule has 5 rings (SSSR count). The van der Waals surface area contributed by atoms with Crippen LogP contribution in [0, 0.1) is 0 Å². The Kier molecular flexibility index (Phi) is 6.01. The second-order valence-electron chi connectivity index (χ2n) is 8.49. The molecule has 1 aliphatic carbocycles. The van der Waals surface area contributed by atoms with Gasteiger partial charge in [0.05, 0.1) is 4.90 Å². The maximum Gasteiger partial charge on any atom is 0.261 e. The first-order valence-electron chi connectivity index (χ1n) is 11.3. The van der Waals surface area contributed by atoms with Crippen molar-refractivity contribution in [2.45, 2.75) is 42.9 Å². The van der Waals surface area contributed by atoms with Crippen molar-refractivity contribution in [1.29, 1.82) is 0 Å². The summed E-state index contributed by atoms with van der Waals surface area (Å²) < 4.78 is 34.3. The molecule has 1 fully saturated rings. The molecule has 1 N–H and O–H groups in total. The monoisotopic (exact) mass is 458 g/mol. The van der Waals surface area contributed by atoms with Crippen LogP contribution in [0.25, 0.3) is 22.7 Å². The van der Waals surface area contributed by atoms with Crippen LogP contribution in [0.3, 0.4) is 0 Å². The first kappa shape index (κ1) is 21.5. The van der Waals surface area contributed by atoms with Crippen LogP contribution in [0.2, 0.25) is 0 Å². The van der Waals surface area contributed by atoms with E-state index in [1.54, 1.807) is 36.6 Å². The Bertz CT molecular complexity index is 1320. The van der Waals surface area contributed by atoms with Crippen molar-refractivity contribution < 1.29 is 12.8 Å². The van der Waals surface area contributed by atoms with Crippen molar-refractivity contribution in [3.05, 3.63) is 90.7 Å². The Morgan fingerprint density at radius 1 is 0.818 bits per heavy atom. The Morgan fingerprint density at radius 3 is 2.30 bits per heavy atom. The van der Waals surface area contributed by atoms with E-state index < -0.39 is 10.0 Å². The van der Waals surface area contributed by atoms with E-state index >= 15 is 0 Å². The molecule has 0 aliphatic heterocycles. The summed E-state index contributed by atoms with van der Waals surface area (Å²) in [5, 5.41) is 0. The molecule has 0 radical (unpaired) electrons. The zero-order valence-corrected chi connectivity index (χ0v) is 19.1. The van der Waals surface area contributed by atoms with Crippen molar-refractivity contribution in [3.63, 3.8) is 0 Å². The molecule has 0 atom stereocenters. The normalized spacial score (nSPS) is 14.8. The number of oxazole rings is 1. The van der Waals surface area contributed by atoms with E-state index in [0.717, 1.165) is 11.3 Å². The Hall–Kier alpha value is -3.38. The number of rotatable bonds is 6. The van der Waals surface area contributed by atoms with Crippen LogP contribution in [0.1, 0.15) is 43.6 Å². The average molecular weight is 459 g/mol. The summed E-state index contributed by atoms with van der Waals surface area (Å²) in [4.78, 5) is 4.82. The third-order valence-corrected chi connectivity index (χ3v) is 7.60. The Balaban J connectivity index is 1.33. The zero-order chi connectivity index (χ0) is 22.7. The first-order chi connectivity index (χ1) is 16.1. The summed E-state index contributed by atoms with van der Waals surface area (Å²) in [6, 6.07) is 24.2. The zero-order valence-electron chi connectivity index (χ0n) is 18.3. The van der Waals surface area contributed by atoms with Crippen LogP contribution in [-0.4, -0.2) is 13.4 Å².